The molecule has 0 radical (unpaired) electrons. The number of aryl methyl sites for hydroxylation is 1. The van der Waals surface area contributed by atoms with Crippen LogP contribution in [0.15, 0.2) is 30.5 Å². The Hall–Kier alpha value is -2.52. The monoisotopic (exact) mass is 535 g/mol. The Bertz CT molecular complexity index is 1330. The summed E-state index contributed by atoms with van der Waals surface area (Å²) in [5.74, 6) is -0.699. The number of carbonyl (C=O) groups excluding carboxylic acids is 1. The van der Waals surface area contributed by atoms with Crippen LogP contribution in [0, 0.1) is 12.3 Å². The lowest BCUT2D eigenvalue weighted by Gasteiger charge is -2.48. The Balaban J connectivity index is 1.37. The Labute approximate surface area is 230 Å². The van der Waals surface area contributed by atoms with Gasteiger partial charge in [0.25, 0.3) is 5.91 Å². The minimum absolute atomic E-state index is 0.239. The number of nitrogens with zero attached hydrogens (tertiary/aromatic N) is 1. The number of nitrogens with one attached hydrogen (secondary N) is 2. The highest BCUT2D eigenvalue weighted by atomic mass is 16.8. The molecular weight excluding hydrogens is 494 g/mol. The van der Waals surface area contributed by atoms with Crippen LogP contribution in [0.3, 0.4) is 0 Å². The second-order valence-corrected chi connectivity index (χ2v) is 13.8. The van der Waals surface area contributed by atoms with E-state index in [2.05, 4.69) is 41.3 Å². The zero-order valence-corrected chi connectivity index (χ0v) is 24.1. The average molecular weight is 536 g/mol. The predicted molar refractivity (Wildman–Crippen MR) is 148 cm³/mol. The fourth-order valence-electron chi connectivity index (χ4n) is 7.24. The van der Waals surface area contributed by atoms with Gasteiger partial charge in [-0.15, -0.1) is 0 Å². The molecule has 0 unspecified atom stereocenters. The SMILES string of the molecule is Cc1c[nH]c(C(=O)Nc2ccc([C@@]3(O)C[C@@]4(C)O[C@@](C)(C3)[C@@H]3OC(C)(C)O[C@@H]34)cc2C2=CCC(C)(C)CC2)n1. The number of ether oxygens (including phenoxy) is 3. The van der Waals surface area contributed by atoms with E-state index in [1.165, 1.54) is 5.57 Å². The Morgan fingerprint density at radius 2 is 1.74 bits per heavy atom. The third-order valence-corrected chi connectivity index (χ3v) is 9.10. The number of fused-ring (bicyclic) bond motifs is 5. The standard InChI is InChI=1S/C31H41N3O5/c1-18-15-32-25(33-18)26(35)34-22-9-8-20(14-21(22)19-10-12-27(2,3)13-11-19)31(36)16-29(6)23-24(30(7,17-31)39-29)38-28(4,5)37-23/h8-10,14-15,23-24,36H,11-13,16-17H2,1-7H3,(H,32,33)(H,34,35)/t23-,24+,29+,30-,31+. The zero-order valence-electron chi connectivity index (χ0n) is 24.1. The molecule has 2 bridgehead atoms. The van der Waals surface area contributed by atoms with Crippen molar-refractivity contribution in [1.29, 1.82) is 0 Å². The van der Waals surface area contributed by atoms with Crippen LogP contribution in [-0.4, -0.2) is 50.2 Å². The van der Waals surface area contributed by atoms with Gasteiger partial charge in [-0.1, -0.05) is 26.0 Å². The molecule has 4 aliphatic rings. The van der Waals surface area contributed by atoms with Gasteiger partial charge in [0.15, 0.2) is 11.6 Å². The first-order chi connectivity index (χ1) is 18.1. The lowest BCUT2D eigenvalue weighted by atomic mass is 9.74. The van der Waals surface area contributed by atoms with E-state index in [0.29, 0.717) is 18.5 Å². The molecule has 3 saturated heterocycles. The normalized spacial score (nSPS) is 36.4. The summed E-state index contributed by atoms with van der Waals surface area (Å²) >= 11 is 0. The van der Waals surface area contributed by atoms with E-state index in [9.17, 15) is 9.90 Å². The van der Waals surface area contributed by atoms with Crippen LogP contribution in [0.1, 0.15) is 101 Å². The number of rotatable bonds is 4. The molecule has 39 heavy (non-hydrogen) atoms. The number of aromatic nitrogens is 2. The van der Waals surface area contributed by atoms with Crippen molar-refractivity contribution in [3.63, 3.8) is 0 Å². The van der Waals surface area contributed by atoms with Crippen molar-refractivity contribution in [3.05, 3.63) is 53.1 Å². The van der Waals surface area contributed by atoms with Crippen molar-refractivity contribution in [2.75, 3.05) is 5.32 Å². The van der Waals surface area contributed by atoms with Gasteiger partial charge in [0.1, 0.15) is 12.2 Å². The summed E-state index contributed by atoms with van der Waals surface area (Å²) < 4.78 is 19.2. The summed E-state index contributed by atoms with van der Waals surface area (Å²) in [4.78, 5) is 20.3. The van der Waals surface area contributed by atoms with Crippen molar-refractivity contribution in [2.45, 2.75) is 115 Å². The number of carbonyl (C=O) groups is 1. The van der Waals surface area contributed by atoms with Crippen molar-refractivity contribution >= 4 is 17.2 Å². The van der Waals surface area contributed by atoms with E-state index in [1.54, 1.807) is 6.20 Å². The van der Waals surface area contributed by atoms with Gasteiger partial charge in [-0.2, -0.15) is 0 Å². The molecule has 1 aliphatic carbocycles. The summed E-state index contributed by atoms with van der Waals surface area (Å²) in [6, 6.07) is 5.90. The highest BCUT2D eigenvalue weighted by Gasteiger charge is 2.71. The average Bonchev–Trinajstić information content (AvgIpc) is 3.45. The molecule has 5 atom stereocenters. The van der Waals surface area contributed by atoms with Crippen LogP contribution in [0.2, 0.25) is 0 Å². The zero-order chi connectivity index (χ0) is 28.0. The van der Waals surface area contributed by atoms with Gasteiger partial charge in [-0.05, 0) is 82.6 Å². The Kier molecular flexibility index (Phi) is 5.81. The van der Waals surface area contributed by atoms with E-state index in [0.717, 1.165) is 36.1 Å². The summed E-state index contributed by atoms with van der Waals surface area (Å²) in [5, 5.41) is 15.4. The number of imidazole rings is 1. The molecule has 1 aromatic carbocycles. The molecule has 3 N–H and O–H groups in total. The Morgan fingerprint density at radius 3 is 2.31 bits per heavy atom. The maximum atomic E-state index is 13.0. The number of aliphatic hydroxyl groups is 1. The van der Waals surface area contributed by atoms with Gasteiger partial charge in [0.05, 0.1) is 22.5 Å². The minimum Gasteiger partial charge on any atom is -0.385 e. The molecule has 6 rings (SSSR count). The van der Waals surface area contributed by atoms with E-state index in [-0.39, 0.29) is 29.4 Å². The molecule has 3 fully saturated rings. The summed E-state index contributed by atoms with van der Waals surface area (Å²) in [6.07, 6.45) is 7.16. The number of hydrogen-bond acceptors (Lipinski definition) is 6. The van der Waals surface area contributed by atoms with Gasteiger partial charge in [0.2, 0.25) is 0 Å². The molecule has 1 aromatic heterocycles. The smallest absolute Gasteiger partial charge is 0.291 e. The number of benzene rings is 1. The number of aromatic amines is 1. The molecule has 210 valence electrons. The molecule has 1 amide bonds. The second-order valence-electron chi connectivity index (χ2n) is 13.8. The first-order valence-electron chi connectivity index (χ1n) is 14.1. The van der Waals surface area contributed by atoms with Crippen molar-refractivity contribution < 1.29 is 24.1 Å². The molecule has 8 nitrogen and oxygen atoms in total. The van der Waals surface area contributed by atoms with Gasteiger partial charge < -0.3 is 29.6 Å². The van der Waals surface area contributed by atoms with Crippen molar-refractivity contribution in [1.82, 2.24) is 9.97 Å². The quantitative estimate of drug-likeness (QED) is 0.470. The van der Waals surface area contributed by atoms with Gasteiger partial charge in [-0.3, -0.25) is 4.79 Å². The van der Waals surface area contributed by atoms with Crippen LogP contribution in [0.4, 0.5) is 5.69 Å². The molecule has 0 spiro atoms. The number of allylic oxidation sites excluding steroid dienone is 2. The highest BCUT2D eigenvalue weighted by Crippen LogP contribution is 2.60. The predicted octanol–water partition coefficient (Wildman–Crippen LogP) is 5.61. The summed E-state index contributed by atoms with van der Waals surface area (Å²) in [6.45, 7) is 14.3. The number of amides is 1. The van der Waals surface area contributed by atoms with Crippen LogP contribution >= 0.6 is 0 Å². The van der Waals surface area contributed by atoms with Crippen molar-refractivity contribution in [3.8, 4) is 0 Å². The van der Waals surface area contributed by atoms with E-state index < -0.39 is 22.6 Å². The lowest BCUT2D eigenvalue weighted by Crippen LogP contribution is -2.53. The van der Waals surface area contributed by atoms with Gasteiger partial charge in [-0.25, -0.2) is 4.98 Å². The third-order valence-electron chi connectivity index (χ3n) is 9.10. The highest BCUT2D eigenvalue weighted by molar-refractivity contribution is 6.03. The third kappa shape index (κ3) is 4.55. The molecule has 3 aliphatic heterocycles. The molecule has 2 aromatic rings. The minimum atomic E-state index is -1.15. The first-order valence-corrected chi connectivity index (χ1v) is 14.1. The summed E-state index contributed by atoms with van der Waals surface area (Å²) in [7, 11) is 0. The number of anilines is 1. The maximum absolute atomic E-state index is 13.0. The Morgan fingerprint density at radius 1 is 1.08 bits per heavy atom. The molecule has 4 heterocycles. The van der Waals surface area contributed by atoms with Gasteiger partial charge >= 0.3 is 0 Å². The molecular formula is C31H41N3O5. The van der Waals surface area contributed by atoms with E-state index in [4.69, 9.17) is 14.2 Å². The number of H-pyrrole nitrogens is 1. The van der Waals surface area contributed by atoms with Crippen LogP contribution in [0.25, 0.3) is 5.57 Å². The first kappa shape index (κ1) is 26.7. The van der Waals surface area contributed by atoms with E-state index >= 15 is 0 Å². The van der Waals surface area contributed by atoms with Crippen LogP contribution < -0.4 is 5.32 Å². The molecule has 8 heteroatoms. The molecule has 0 saturated carbocycles. The maximum Gasteiger partial charge on any atom is 0.291 e. The summed E-state index contributed by atoms with van der Waals surface area (Å²) in [5.41, 5.74) is 2.11. The number of hydrogen-bond donors (Lipinski definition) is 3. The fourth-order valence-corrected chi connectivity index (χ4v) is 7.24. The lowest BCUT2D eigenvalue weighted by molar-refractivity contribution is -0.270. The fraction of sp³-hybridized carbons (Fsp3) is 0.613. The van der Waals surface area contributed by atoms with Crippen molar-refractivity contribution in [2.24, 2.45) is 5.41 Å². The topological polar surface area (TPSA) is 106 Å². The van der Waals surface area contributed by atoms with Crippen LogP contribution in [0.5, 0.6) is 0 Å². The second kappa shape index (κ2) is 8.49. The largest absolute Gasteiger partial charge is 0.385 e. The van der Waals surface area contributed by atoms with E-state index in [1.807, 2.05) is 46.8 Å². The van der Waals surface area contributed by atoms with Gasteiger partial charge in [0, 0.05) is 30.3 Å². The van der Waals surface area contributed by atoms with Crippen LogP contribution in [-0.2, 0) is 19.8 Å².